The lowest BCUT2D eigenvalue weighted by atomic mass is 10.2. The first-order valence-electron chi connectivity index (χ1n) is 5.18. The van der Waals surface area contributed by atoms with Crippen molar-refractivity contribution in [3.63, 3.8) is 0 Å². The van der Waals surface area contributed by atoms with Crippen LogP contribution in [-0.4, -0.2) is 30.2 Å². The quantitative estimate of drug-likeness (QED) is 0.812. The average Bonchev–Trinajstić information content (AvgIpc) is 2.28. The molecule has 0 fully saturated rings. The number of nitrogens with zero attached hydrogens (tertiary/aromatic N) is 1. The van der Waals surface area contributed by atoms with Gasteiger partial charge in [0.25, 0.3) is 0 Å². The Morgan fingerprint density at radius 2 is 2.00 bits per heavy atom. The van der Waals surface area contributed by atoms with Crippen molar-refractivity contribution in [2.24, 2.45) is 5.73 Å². The Morgan fingerprint density at radius 1 is 1.44 bits per heavy atom. The van der Waals surface area contributed by atoms with E-state index >= 15 is 0 Å². The molecule has 1 unspecified atom stereocenters. The van der Waals surface area contributed by atoms with Gasteiger partial charge in [-0.05, 0) is 30.9 Å². The largest absolute Gasteiger partial charge is 0.340 e. The van der Waals surface area contributed by atoms with Gasteiger partial charge in [0.1, 0.15) is 0 Å². The highest BCUT2D eigenvalue weighted by atomic mass is 32.2. The highest BCUT2D eigenvalue weighted by Crippen LogP contribution is 2.15. The zero-order chi connectivity index (χ0) is 12.1. The van der Waals surface area contributed by atoms with Gasteiger partial charge >= 0.3 is 0 Å². The fraction of sp³-hybridized carbons (Fsp3) is 0.417. The van der Waals surface area contributed by atoms with Crippen LogP contribution >= 0.6 is 11.8 Å². The number of benzene rings is 1. The molecule has 0 heterocycles. The van der Waals surface area contributed by atoms with Crippen LogP contribution in [0.25, 0.3) is 0 Å². The number of rotatable bonds is 4. The summed E-state index contributed by atoms with van der Waals surface area (Å²) in [7, 11) is 1.77. The lowest BCUT2D eigenvalue weighted by Crippen LogP contribution is -2.39. The zero-order valence-corrected chi connectivity index (χ0v) is 10.8. The second-order valence-electron chi connectivity index (χ2n) is 3.83. The summed E-state index contributed by atoms with van der Waals surface area (Å²) in [4.78, 5) is 14.4. The van der Waals surface area contributed by atoms with Crippen LogP contribution in [0.1, 0.15) is 12.5 Å². The third-order valence-corrected chi connectivity index (χ3v) is 3.09. The molecule has 2 N–H and O–H groups in total. The maximum atomic E-state index is 11.6. The number of hydrogen-bond acceptors (Lipinski definition) is 3. The third-order valence-electron chi connectivity index (χ3n) is 2.34. The van der Waals surface area contributed by atoms with Crippen molar-refractivity contribution in [3.05, 3.63) is 29.8 Å². The van der Waals surface area contributed by atoms with E-state index in [0.29, 0.717) is 6.54 Å². The Labute approximate surface area is 101 Å². The van der Waals surface area contributed by atoms with Crippen LogP contribution in [0.2, 0.25) is 0 Å². The van der Waals surface area contributed by atoms with Gasteiger partial charge in [-0.2, -0.15) is 0 Å². The maximum Gasteiger partial charge on any atom is 0.239 e. The first-order chi connectivity index (χ1) is 7.54. The van der Waals surface area contributed by atoms with Crippen LogP contribution in [0, 0.1) is 0 Å². The second-order valence-corrected chi connectivity index (χ2v) is 4.71. The van der Waals surface area contributed by atoms with Crippen molar-refractivity contribution in [1.82, 2.24) is 4.90 Å². The van der Waals surface area contributed by atoms with E-state index in [2.05, 4.69) is 12.1 Å². The summed E-state index contributed by atoms with van der Waals surface area (Å²) >= 11 is 1.71. The Kier molecular flexibility index (Phi) is 4.83. The Bertz CT molecular complexity index is 349. The smallest absolute Gasteiger partial charge is 0.239 e. The normalized spacial score (nSPS) is 12.2. The predicted octanol–water partition coefficient (Wildman–Crippen LogP) is 1.71. The van der Waals surface area contributed by atoms with Gasteiger partial charge in [-0.3, -0.25) is 4.79 Å². The number of hydrogen-bond donors (Lipinski definition) is 1. The molecule has 0 aromatic heterocycles. The molecule has 0 bridgehead atoms. The number of carbonyl (C=O) groups is 1. The fourth-order valence-electron chi connectivity index (χ4n) is 1.43. The van der Waals surface area contributed by atoms with Crippen molar-refractivity contribution in [2.75, 3.05) is 13.3 Å². The molecule has 16 heavy (non-hydrogen) atoms. The molecule has 0 saturated carbocycles. The molecule has 1 amide bonds. The van der Waals surface area contributed by atoms with Gasteiger partial charge in [0.15, 0.2) is 0 Å². The highest BCUT2D eigenvalue weighted by molar-refractivity contribution is 7.98. The lowest BCUT2D eigenvalue weighted by molar-refractivity contribution is -0.131. The highest BCUT2D eigenvalue weighted by Gasteiger charge is 2.13. The van der Waals surface area contributed by atoms with Crippen LogP contribution in [-0.2, 0) is 11.3 Å². The Hall–Kier alpha value is -1.00. The summed E-state index contributed by atoms with van der Waals surface area (Å²) in [5.41, 5.74) is 6.66. The second kappa shape index (κ2) is 5.92. The van der Waals surface area contributed by atoms with Crippen molar-refractivity contribution >= 4 is 17.7 Å². The summed E-state index contributed by atoms with van der Waals surface area (Å²) in [6.45, 7) is 2.31. The van der Waals surface area contributed by atoms with Crippen molar-refractivity contribution < 1.29 is 4.79 Å². The monoisotopic (exact) mass is 238 g/mol. The molecule has 0 saturated heterocycles. The van der Waals surface area contributed by atoms with E-state index in [-0.39, 0.29) is 5.91 Å². The summed E-state index contributed by atoms with van der Waals surface area (Å²) in [6, 6.07) is 7.76. The van der Waals surface area contributed by atoms with Crippen LogP contribution in [0.3, 0.4) is 0 Å². The number of nitrogens with two attached hydrogens (primary N) is 1. The Morgan fingerprint density at radius 3 is 2.44 bits per heavy atom. The number of amides is 1. The van der Waals surface area contributed by atoms with E-state index in [4.69, 9.17) is 5.73 Å². The summed E-state index contributed by atoms with van der Waals surface area (Å²) < 4.78 is 0. The first-order valence-corrected chi connectivity index (χ1v) is 6.40. The van der Waals surface area contributed by atoms with Gasteiger partial charge in [-0.1, -0.05) is 12.1 Å². The lowest BCUT2D eigenvalue weighted by Gasteiger charge is -2.19. The van der Waals surface area contributed by atoms with E-state index < -0.39 is 6.04 Å². The van der Waals surface area contributed by atoms with Crippen LogP contribution in [0.5, 0.6) is 0 Å². The van der Waals surface area contributed by atoms with Gasteiger partial charge < -0.3 is 10.6 Å². The molecule has 1 aromatic rings. The van der Waals surface area contributed by atoms with Crippen LogP contribution < -0.4 is 5.73 Å². The standard InChI is InChI=1S/C12H18N2OS/c1-9(13)12(15)14(2)8-10-4-6-11(16-3)7-5-10/h4-7,9H,8,13H2,1-3H3. The number of likely N-dealkylation sites (N-methyl/N-ethyl adjacent to an activating group) is 1. The van der Waals surface area contributed by atoms with Gasteiger partial charge in [-0.15, -0.1) is 11.8 Å². The van der Waals surface area contributed by atoms with E-state index in [9.17, 15) is 4.79 Å². The number of carbonyl (C=O) groups excluding carboxylic acids is 1. The van der Waals surface area contributed by atoms with Crippen LogP contribution in [0.4, 0.5) is 0 Å². The summed E-state index contributed by atoms with van der Waals surface area (Å²) in [5.74, 6) is -0.0334. The first kappa shape index (κ1) is 13.1. The molecule has 0 spiro atoms. The molecule has 88 valence electrons. The number of thioether (sulfide) groups is 1. The summed E-state index contributed by atoms with van der Waals surface area (Å²) in [5, 5.41) is 0. The third kappa shape index (κ3) is 3.54. The fourth-order valence-corrected chi connectivity index (χ4v) is 1.84. The maximum absolute atomic E-state index is 11.6. The summed E-state index contributed by atoms with van der Waals surface area (Å²) in [6.07, 6.45) is 2.04. The minimum absolute atomic E-state index is 0.0334. The minimum atomic E-state index is -0.435. The molecule has 1 atom stereocenters. The van der Waals surface area contributed by atoms with E-state index in [1.165, 1.54) is 4.90 Å². The molecular formula is C12H18N2OS. The molecular weight excluding hydrogens is 220 g/mol. The molecule has 0 aliphatic rings. The molecule has 1 aromatic carbocycles. The van der Waals surface area contributed by atoms with Crippen LogP contribution in [0.15, 0.2) is 29.2 Å². The molecule has 0 aliphatic carbocycles. The molecule has 3 nitrogen and oxygen atoms in total. The SMILES string of the molecule is CSc1ccc(CN(C)C(=O)C(C)N)cc1. The molecule has 0 aliphatic heterocycles. The van der Waals surface area contributed by atoms with E-state index in [1.807, 2.05) is 18.4 Å². The predicted molar refractivity (Wildman–Crippen MR) is 68.3 cm³/mol. The van der Waals surface area contributed by atoms with Crippen molar-refractivity contribution in [2.45, 2.75) is 24.4 Å². The molecule has 4 heteroatoms. The van der Waals surface area contributed by atoms with Gasteiger partial charge in [-0.25, -0.2) is 0 Å². The van der Waals surface area contributed by atoms with Gasteiger partial charge in [0.05, 0.1) is 6.04 Å². The van der Waals surface area contributed by atoms with E-state index in [0.717, 1.165) is 5.56 Å². The Balaban J connectivity index is 2.62. The van der Waals surface area contributed by atoms with Gasteiger partial charge in [0.2, 0.25) is 5.91 Å². The van der Waals surface area contributed by atoms with Crippen molar-refractivity contribution in [1.29, 1.82) is 0 Å². The zero-order valence-electron chi connectivity index (χ0n) is 9.93. The van der Waals surface area contributed by atoms with Crippen molar-refractivity contribution in [3.8, 4) is 0 Å². The minimum Gasteiger partial charge on any atom is -0.340 e. The topological polar surface area (TPSA) is 46.3 Å². The molecule has 0 radical (unpaired) electrons. The molecule has 1 rings (SSSR count). The van der Waals surface area contributed by atoms with E-state index in [1.54, 1.807) is 30.6 Å². The average molecular weight is 238 g/mol. The van der Waals surface area contributed by atoms with Gasteiger partial charge in [0, 0.05) is 18.5 Å².